The fourth-order valence-corrected chi connectivity index (χ4v) is 1.46. The van der Waals surface area contributed by atoms with E-state index >= 15 is 0 Å². The van der Waals surface area contributed by atoms with Crippen molar-refractivity contribution in [2.45, 2.75) is 19.6 Å². The van der Waals surface area contributed by atoms with Crippen LogP contribution in [0.3, 0.4) is 0 Å². The molecule has 1 aromatic heterocycles. The van der Waals surface area contributed by atoms with Crippen LogP contribution in [0, 0.1) is 0 Å². The Balaban J connectivity index is 2.60. The van der Waals surface area contributed by atoms with Gasteiger partial charge in [-0.2, -0.15) is 0 Å². The lowest BCUT2D eigenvalue weighted by Crippen LogP contribution is -1.94. The Morgan fingerprint density at radius 2 is 2.54 bits per heavy atom. The lowest BCUT2D eigenvalue weighted by molar-refractivity contribution is 0.0790. The van der Waals surface area contributed by atoms with Crippen LogP contribution in [-0.2, 0) is 11.3 Å². The number of aromatic hydroxyl groups is 1. The Morgan fingerprint density at radius 1 is 1.77 bits per heavy atom. The summed E-state index contributed by atoms with van der Waals surface area (Å²) in [6.45, 7) is 2.24. The molecule has 68 valence electrons. The van der Waals surface area contributed by atoms with E-state index in [-0.39, 0.29) is 17.5 Å². The van der Waals surface area contributed by atoms with Gasteiger partial charge in [-0.25, -0.2) is 4.98 Å². The molecule has 1 unspecified atom stereocenters. The third-order valence-electron chi connectivity index (χ3n) is 2.25. The topological polar surface area (TPSA) is 59.4 Å². The number of aldehydes is 1. The molecule has 1 atom stereocenters. The molecular formula is C9H9NO3. The minimum atomic E-state index is -0.0471. The molecule has 4 heteroatoms. The average molecular weight is 179 g/mol. The Morgan fingerprint density at radius 3 is 3.23 bits per heavy atom. The number of nitrogens with zero attached hydrogens (tertiary/aromatic N) is 1. The van der Waals surface area contributed by atoms with Gasteiger partial charge in [0.25, 0.3) is 0 Å². The number of pyridine rings is 1. The minimum Gasteiger partial charge on any atom is -0.505 e. The van der Waals surface area contributed by atoms with Crippen LogP contribution in [0.4, 0.5) is 0 Å². The molecule has 0 bridgehead atoms. The van der Waals surface area contributed by atoms with Crippen LogP contribution >= 0.6 is 0 Å². The zero-order valence-electron chi connectivity index (χ0n) is 7.15. The van der Waals surface area contributed by atoms with E-state index in [1.165, 1.54) is 0 Å². The maximum absolute atomic E-state index is 10.4. The van der Waals surface area contributed by atoms with Gasteiger partial charge < -0.3 is 9.84 Å². The molecule has 4 nitrogen and oxygen atoms in total. The molecule has 13 heavy (non-hydrogen) atoms. The molecule has 0 amide bonds. The molecule has 0 fully saturated rings. The maximum atomic E-state index is 10.4. The predicted molar refractivity (Wildman–Crippen MR) is 44.5 cm³/mol. The van der Waals surface area contributed by atoms with Gasteiger partial charge in [0, 0.05) is 17.3 Å². The zero-order valence-corrected chi connectivity index (χ0v) is 7.15. The van der Waals surface area contributed by atoms with E-state index in [0.717, 1.165) is 5.56 Å². The van der Waals surface area contributed by atoms with E-state index in [0.29, 0.717) is 18.5 Å². The van der Waals surface area contributed by atoms with Crippen molar-refractivity contribution in [2.75, 3.05) is 0 Å². The maximum Gasteiger partial charge on any atom is 0.172 e. The Labute approximate surface area is 75.2 Å². The van der Waals surface area contributed by atoms with Gasteiger partial charge >= 0.3 is 0 Å². The van der Waals surface area contributed by atoms with Crippen LogP contribution in [0.25, 0.3) is 0 Å². The van der Waals surface area contributed by atoms with Crippen molar-refractivity contribution in [3.8, 4) is 5.75 Å². The van der Waals surface area contributed by atoms with E-state index in [4.69, 9.17) is 4.74 Å². The summed E-state index contributed by atoms with van der Waals surface area (Å²) in [5.41, 5.74) is 1.63. The standard InChI is InChI=1S/C9H9NO3/c1-5-6-2-10-8(3-11)9(12)7(6)4-13-5/h2-3,5,12H,4H2,1H3. The quantitative estimate of drug-likeness (QED) is 0.658. The van der Waals surface area contributed by atoms with Crippen molar-refractivity contribution in [1.29, 1.82) is 0 Å². The smallest absolute Gasteiger partial charge is 0.172 e. The second-order valence-corrected chi connectivity index (χ2v) is 3.00. The predicted octanol–water partition coefficient (Wildman–Crippen LogP) is 1.19. The lowest BCUT2D eigenvalue weighted by atomic mass is 10.1. The second kappa shape index (κ2) is 2.81. The third-order valence-corrected chi connectivity index (χ3v) is 2.25. The summed E-state index contributed by atoms with van der Waals surface area (Å²) >= 11 is 0. The number of rotatable bonds is 1. The van der Waals surface area contributed by atoms with Crippen LogP contribution in [0.1, 0.15) is 34.6 Å². The molecule has 1 aliphatic heterocycles. The van der Waals surface area contributed by atoms with Gasteiger partial charge in [-0.3, -0.25) is 4.79 Å². The molecular weight excluding hydrogens is 170 g/mol. The SMILES string of the molecule is CC1OCc2c1cnc(C=O)c2O. The van der Waals surface area contributed by atoms with E-state index in [1.807, 2.05) is 6.92 Å². The van der Waals surface area contributed by atoms with E-state index in [1.54, 1.807) is 6.20 Å². The first-order valence-electron chi connectivity index (χ1n) is 4.01. The largest absolute Gasteiger partial charge is 0.505 e. The highest BCUT2D eigenvalue weighted by atomic mass is 16.5. The third kappa shape index (κ3) is 1.10. The molecule has 1 aliphatic rings. The van der Waals surface area contributed by atoms with Crippen LogP contribution in [0.5, 0.6) is 5.75 Å². The Kier molecular flexibility index (Phi) is 1.77. The molecule has 0 saturated carbocycles. The summed E-state index contributed by atoms with van der Waals surface area (Å²) in [6.07, 6.45) is 2.07. The minimum absolute atomic E-state index is 0.0446. The van der Waals surface area contributed by atoms with Gasteiger partial charge in [-0.15, -0.1) is 0 Å². The van der Waals surface area contributed by atoms with Crippen molar-refractivity contribution in [1.82, 2.24) is 4.98 Å². The number of carbonyl (C=O) groups is 1. The summed E-state index contributed by atoms with van der Waals surface area (Å²) in [7, 11) is 0. The van der Waals surface area contributed by atoms with Gasteiger partial charge in [0.1, 0.15) is 11.4 Å². The number of aromatic nitrogens is 1. The van der Waals surface area contributed by atoms with Crippen LogP contribution in [-0.4, -0.2) is 16.4 Å². The number of carbonyl (C=O) groups excluding carboxylic acids is 1. The van der Waals surface area contributed by atoms with Gasteiger partial charge in [0.05, 0.1) is 12.7 Å². The first-order chi connectivity index (χ1) is 6.24. The normalized spacial score (nSPS) is 19.9. The Bertz CT molecular complexity index is 362. The fraction of sp³-hybridized carbons (Fsp3) is 0.333. The number of hydrogen-bond acceptors (Lipinski definition) is 4. The summed E-state index contributed by atoms with van der Waals surface area (Å²) < 4.78 is 5.29. The van der Waals surface area contributed by atoms with Gasteiger partial charge in [0.15, 0.2) is 6.29 Å². The monoisotopic (exact) mass is 179 g/mol. The molecule has 0 saturated heterocycles. The highest BCUT2D eigenvalue weighted by molar-refractivity contribution is 5.77. The fourth-order valence-electron chi connectivity index (χ4n) is 1.46. The van der Waals surface area contributed by atoms with Crippen LogP contribution < -0.4 is 0 Å². The molecule has 0 aromatic carbocycles. The van der Waals surface area contributed by atoms with Crippen molar-refractivity contribution < 1.29 is 14.6 Å². The van der Waals surface area contributed by atoms with Crippen molar-refractivity contribution in [2.24, 2.45) is 0 Å². The summed E-state index contributed by atoms with van der Waals surface area (Å²) in [5, 5.41) is 9.55. The molecule has 2 heterocycles. The van der Waals surface area contributed by atoms with Gasteiger partial charge in [0.2, 0.25) is 0 Å². The van der Waals surface area contributed by atoms with Crippen molar-refractivity contribution in [3.05, 3.63) is 23.0 Å². The van der Waals surface area contributed by atoms with Crippen LogP contribution in [0.15, 0.2) is 6.20 Å². The second-order valence-electron chi connectivity index (χ2n) is 3.00. The van der Waals surface area contributed by atoms with E-state index in [9.17, 15) is 9.90 Å². The van der Waals surface area contributed by atoms with Crippen molar-refractivity contribution >= 4 is 6.29 Å². The molecule has 2 rings (SSSR count). The van der Waals surface area contributed by atoms with E-state index in [2.05, 4.69) is 4.98 Å². The van der Waals surface area contributed by atoms with Gasteiger partial charge in [-0.1, -0.05) is 0 Å². The number of fused-ring (bicyclic) bond motifs is 1. The number of ether oxygens (including phenoxy) is 1. The molecule has 0 aliphatic carbocycles. The van der Waals surface area contributed by atoms with Crippen LogP contribution in [0.2, 0.25) is 0 Å². The van der Waals surface area contributed by atoms with Gasteiger partial charge in [-0.05, 0) is 6.92 Å². The average Bonchev–Trinajstić information content (AvgIpc) is 2.50. The summed E-state index contributed by atoms with van der Waals surface area (Å²) in [4.78, 5) is 14.3. The Hall–Kier alpha value is -1.42. The molecule has 1 N–H and O–H groups in total. The molecule has 1 aromatic rings. The van der Waals surface area contributed by atoms with Crippen molar-refractivity contribution in [3.63, 3.8) is 0 Å². The number of hydrogen-bond donors (Lipinski definition) is 1. The lowest BCUT2D eigenvalue weighted by Gasteiger charge is -2.03. The summed E-state index contributed by atoms with van der Waals surface area (Å²) in [6, 6.07) is 0. The molecule has 0 radical (unpaired) electrons. The molecule has 0 spiro atoms. The highest BCUT2D eigenvalue weighted by Crippen LogP contribution is 2.35. The zero-order chi connectivity index (χ0) is 9.42. The summed E-state index contributed by atoms with van der Waals surface area (Å²) in [5.74, 6) is -0.0446. The first kappa shape index (κ1) is 8.19. The first-order valence-corrected chi connectivity index (χ1v) is 4.01. The van der Waals surface area contributed by atoms with E-state index < -0.39 is 0 Å². The highest BCUT2D eigenvalue weighted by Gasteiger charge is 2.24.